The summed E-state index contributed by atoms with van der Waals surface area (Å²) in [6.45, 7) is 4.94. The molecular weight excluding hydrogens is 971 g/mol. The van der Waals surface area contributed by atoms with Crippen LogP contribution >= 0.6 is 0 Å². The molecule has 1 amide bonds. The summed E-state index contributed by atoms with van der Waals surface area (Å²) >= 11 is 0. The van der Waals surface area contributed by atoms with E-state index in [9.17, 15) is 19.8 Å². The summed E-state index contributed by atoms with van der Waals surface area (Å²) in [5.74, 6) is -0.0356. The summed E-state index contributed by atoms with van der Waals surface area (Å²) < 4.78 is 5.52. The Morgan fingerprint density at radius 3 is 0.861 bits per heavy atom. The minimum Gasteiger partial charge on any atom is -0.466 e. The molecule has 0 aliphatic rings. The number of hydrogen-bond donors (Lipinski definition) is 3. The first-order chi connectivity index (χ1) is 39.0. The number of nitrogens with one attached hydrogen (secondary N) is 1. The second kappa shape index (κ2) is 69.1. The molecule has 470 valence electrons. The van der Waals surface area contributed by atoms with Gasteiger partial charge in [0.2, 0.25) is 5.91 Å². The lowest BCUT2D eigenvalue weighted by Crippen LogP contribution is -2.45. The van der Waals surface area contributed by atoms with Crippen LogP contribution in [0.2, 0.25) is 0 Å². The van der Waals surface area contributed by atoms with Crippen molar-refractivity contribution in [3.05, 3.63) is 12.2 Å². The largest absolute Gasteiger partial charge is 0.466 e. The lowest BCUT2D eigenvalue weighted by atomic mass is 10.0. The molecule has 2 unspecified atom stereocenters. The van der Waals surface area contributed by atoms with Crippen molar-refractivity contribution in [3.8, 4) is 0 Å². The zero-order valence-electron chi connectivity index (χ0n) is 53.9. The van der Waals surface area contributed by atoms with E-state index in [0.717, 1.165) is 38.5 Å². The van der Waals surface area contributed by atoms with Gasteiger partial charge in [-0.2, -0.15) is 0 Å². The molecular formula is C73H143NO5. The van der Waals surface area contributed by atoms with Crippen molar-refractivity contribution >= 4 is 11.9 Å². The van der Waals surface area contributed by atoms with Crippen LogP contribution in [0, 0.1) is 0 Å². The average Bonchev–Trinajstić information content (AvgIpc) is 3.45. The molecule has 6 heteroatoms. The molecule has 0 fully saturated rings. The van der Waals surface area contributed by atoms with Crippen molar-refractivity contribution in [3.63, 3.8) is 0 Å². The summed E-state index contributed by atoms with van der Waals surface area (Å²) in [5.41, 5.74) is 0. The van der Waals surface area contributed by atoms with Gasteiger partial charge in [0.15, 0.2) is 0 Å². The Labute approximate surface area is 495 Å². The van der Waals surface area contributed by atoms with Crippen LogP contribution in [0.5, 0.6) is 0 Å². The van der Waals surface area contributed by atoms with Gasteiger partial charge in [0.1, 0.15) is 0 Å². The van der Waals surface area contributed by atoms with Crippen LogP contribution in [0.25, 0.3) is 0 Å². The average molecular weight is 1110 g/mol. The molecule has 0 aromatic rings. The quantitative estimate of drug-likeness (QED) is 0.0320. The Morgan fingerprint density at radius 2 is 0.582 bits per heavy atom. The molecule has 0 saturated carbocycles. The Hall–Kier alpha value is -1.40. The zero-order valence-corrected chi connectivity index (χ0v) is 53.9. The van der Waals surface area contributed by atoms with E-state index in [1.807, 2.05) is 6.08 Å². The normalized spacial score (nSPS) is 12.5. The van der Waals surface area contributed by atoms with Gasteiger partial charge in [0.05, 0.1) is 25.4 Å². The van der Waals surface area contributed by atoms with Crippen molar-refractivity contribution < 1.29 is 24.5 Å². The molecule has 0 heterocycles. The van der Waals surface area contributed by atoms with Crippen molar-refractivity contribution in [1.82, 2.24) is 5.32 Å². The number of carbonyl (C=O) groups excluding carboxylic acids is 2. The van der Waals surface area contributed by atoms with Gasteiger partial charge in [-0.25, -0.2) is 0 Å². The molecule has 0 aromatic carbocycles. The smallest absolute Gasteiger partial charge is 0.305 e. The third kappa shape index (κ3) is 65.6. The van der Waals surface area contributed by atoms with E-state index >= 15 is 0 Å². The predicted molar refractivity (Wildman–Crippen MR) is 347 cm³/mol. The van der Waals surface area contributed by atoms with Gasteiger partial charge < -0.3 is 20.3 Å². The molecule has 0 aromatic heterocycles. The Morgan fingerprint density at radius 1 is 0.342 bits per heavy atom. The van der Waals surface area contributed by atoms with Crippen LogP contribution < -0.4 is 5.32 Å². The van der Waals surface area contributed by atoms with E-state index in [1.165, 1.54) is 353 Å². The van der Waals surface area contributed by atoms with Crippen LogP contribution in [-0.2, 0) is 14.3 Å². The highest BCUT2D eigenvalue weighted by molar-refractivity contribution is 5.76. The minimum atomic E-state index is -0.839. The van der Waals surface area contributed by atoms with Crippen molar-refractivity contribution in [1.29, 1.82) is 0 Å². The summed E-state index contributed by atoms with van der Waals surface area (Å²) in [7, 11) is 0. The number of aliphatic hydroxyl groups excluding tert-OH is 2. The number of rotatable bonds is 69. The SMILES string of the molecule is CCCCCCCCCCCC/C=C/C(O)C(CO)NC(=O)CCCCCCCCCCCCCCCCCCCCCCCCCCCCCCCCCCOC(=O)CCCCCCCCCCCCCCCCCCCC. The van der Waals surface area contributed by atoms with Crippen LogP contribution in [0.1, 0.15) is 418 Å². The van der Waals surface area contributed by atoms with Gasteiger partial charge in [-0.15, -0.1) is 0 Å². The molecule has 6 nitrogen and oxygen atoms in total. The predicted octanol–water partition coefficient (Wildman–Crippen LogP) is 23.5. The Kier molecular flexibility index (Phi) is 67.9. The zero-order chi connectivity index (χ0) is 57.1. The molecule has 0 spiro atoms. The monoisotopic (exact) mass is 1110 g/mol. The number of hydrogen-bond acceptors (Lipinski definition) is 5. The van der Waals surface area contributed by atoms with Gasteiger partial charge in [-0.3, -0.25) is 9.59 Å². The van der Waals surface area contributed by atoms with E-state index in [2.05, 4.69) is 19.2 Å². The number of amides is 1. The number of carbonyl (C=O) groups is 2. The van der Waals surface area contributed by atoms with Crippen molar-refractivity contribution in [2.75, 3.05) is 13.2 Å². The lowest BCUT2D eigenvalue weighted by molar-refractivity contribution is -0.143. The highest BCUT2D eigenvalue weighted by Crippen LogP contribution is 2.20. The summed E-state index contributed by atoms with van der Waals surface area (Å²) in [5, 5.41) is 23.1. The molecule has 3 N–H and O–H groups in total. The maximum absolute atomic E-state index is 12.5. The Bertz CT molecular complexity index is 1190. The standard InChI is InChI=1S/C73H143NO5/c1-3-5-7-9-11-13-15-17-18-19-37-40-43-47-51-55-59-63-67-73(78)79-68-64-60-56-52-48-44-41-38-35-33-31-29-27-25-23-21-20-22-24-26-28-30-32-34-36-39-42-46-50-54-58-62-66-72(77)74-70(69-75)71(76)65-61-57-53-49-45-16-14-12-10-8-6-4-2/h61,65,70-71,75-76H,3-60,62-64,66-69H2,1-2H3,(H,74,77)/b65-61+. The van der Waals surface area contributed by atoms with Crippen LogP contribution in [0.3, 0.4) is 0 Å². The number of esters is 1. The van der Waals surface area contributed by atoms with Crippen LogP contribution in [-0.4, -0.2) is 47.4 Å². The second-order valence-corrected chi connectivity index (χ2v) is 25.3. The van der Waals surface area contributed by atoms with Gasteiger partial charge in [-0.1, -0.05) is 386 Å². The summed E-state index contributed by atoms with van der Waals surface area (Å²) in [6.07, 6.45) is 86.0. The number of allylic oxidation sites excluding steroid dienone is 1. The third-order valence-corrected chi connectivity index (χ3v) is 17.3. The topological polar surface area (TPSA) is 95.9 Å². The Balaban J connectivity index is 3.29. The van der Waals surface area contributed by atoms with Crippen LogP contribution in [0.15, 0.2) is 12.2 Å². The van der Waals surface area contributed by atoms with Gasteiger partial charge >= 0.3 is 5.97 Å². The fourth-order valence-corrected chi connectivity index (χ4v) is 11.8. The fraction of sp³-hybridized carbons (Fsp3) is 0.945. The highest BCUT2D eigenvalue weighted by atomic mass is 16.5. The molecule has 79 heavy (non-hydrogen) atoms. The molecule has 2 atom stereocenters. The minimum absolute atomic E-state index is 0.0263. The first-order valence-corrected chi connectivity index (χ1v) is 36.5. The van der Waals surface area contributed by atoms with Gasteiger partial charge in [0.25, 0.3) is 0 Å². The molecule has 0 rings (SSSR count). The van der Waals surface area contributed by atoms with E-state index in [4.69, 9.17) is 4.74 Å². The van der Waals surface area contributed by atoms with Crippen molar-refractivity contribution in [2.24, 2.45) is 0 Å². The molecule has 0 radical (unpaired) electrons. The van der Waals surface area contributed by atoms with E-state index < -0.39 is 12.1 Å². The van der Waals surface area contributed by atoms with Gasteiger partial charge in [-0.05, 0) is 32.1 Å². The first-order valence-electron chi connectivity index (χ1n) is 36.5. The number of aliphatic hydroxyl groups is 2. The maximum atomic E-state index is 12.5. The second-order valence-electron chi connectivity index (χ2n) is 25.3. The fourth-order valence-electron chi connectivity index (χ4n) is 11.8. The van der Waals surface area contributed by atoms with Crippen LogP contribution in [0.4, 0.5) is 0 Å². The van der Waals surface area contributed by atoms with E-state index in [1.54, 1.807) is 6.08 Å². The number of ether oxygens (including phenoxy) is 1. The lowest BCUT2D eigenvalue weighted by Gasteiger charge is -2.20. The highest BCUT2D eigenvalue weighted by Gasteiger charge is 2.18. The third-order valence-electron chi connectivity index (χ3n) is 17.3. The molecule has 0 aliphatic carbocycles. The number of unbranched alkanes of at least 4 members (excludes halogenated alkanes) is 58. The molecule has 0 bridgehead atoms. The molecule has 0 aliphatic heterocycles. The molecule has 0 saturated heterocycles. The summed E-state index contributed by atoms with van der Waals surface area (Å²) in [4.78, 5) is 24.6. The van der Waals surface area contributed by atoms with Crippen molar-refractivity contribution in [2.45, 2.75) is 431 Å². The summed E-state index contributed by atoms with van der Waals surface area (Å²) in [6, 6.07) is -0.622. The first kappa shape index (κ1) is 77.6. The van der Waals surface area contributed by atoms with Gasteiger partial charge in [0, 0.05) is 12.8 Å². The maximum Gasteiger partial charge on any atom is 0.305 e. The van der Waals surface area contributed by atoms with E-state index in [0.29, 0.717) is 19.4 Å². The van der Waals surface area contributed by atoms with E-state index in [-0.39, 0.29) is 18.5 Å².